The smallest absolute Gasteiger partial charge is 0.245 e. The number of rotatable bonds is 8. The molecule has 32 heavy (non-hydrogen) atoms. The molecule has 0 radical (unpaired) electrons. The van der Waals surface area contributed by atoms with E-state index in [1.54, 1.807) is 9.58 Å². The standard InChI is InChI=1S/C26H32N4O2/c1-5-12-25(32)29(18-20-13-8-6-9-14-20)19-24(31)27-23-17-22(26(2,3)4)28-30(23)21-15-10-7-11-16-21/h6-11,13-17H,5,12,18-19H2,1-4H3,(H,27,31). The van der Waals surface area contributed by atoms with Gasteiger partial charge < -0.3 is 10.2 Å². The average Bonchev–Trinajstić information content (AvgIpc) is 3.19. The fourth-order valence-corrected chi connectivity index (χ4v) is 3.37. The summed E-state index contributed by atoms with van der Waals surface area (Å²) in [5.41, 5.74) is 2.56. The largest absolute Gasteiger partial charge is 0.329 e. The first-order valence-corrected chi connectivity index (χ1v) is 11.1. The number of nitrogens with one attached hydrogen (secondary N) is 1. The molecule has 6 nitrogen and oxygen atoms in total. The molecular weight excluding hydrogens is 400 g/mol. The molecule has 0 aliphatic heterocycles. The van der Waals surface area contributed by atoms with Gasteiger partial charge in [0.1, 0.15) is 12.4 Å². The molecule has 1 aromatic heterocycles. The average molecular weight is 433 g/mol. The fraction of sp³-hybridized carbons (Fsp3) is 0.346. The van der Waals surface area contributed by atoms with Crippen LogP contribution in [0, 0.1) is 0 Å². The Morgan fingerprint density at radius 1 is 1.00 bits per heavy atom. The lowest BCUT2D eigenvalue weighted by Crippen LogP contribution is -2.37. The van der Waals surface area contributed by atoms with Crippen LogP contribution < -0.4 is 5.32 Å². The molecule has 2 amide bonds. The first-order chi connectivity index (χ1) is 15.3. The number of benzene rings is 2. The first-order valence-electron chi connectivity index (χ1n) is 11.1. The molecule has 0 fully saturated rings. The molecule has 2 aromatic carbocycles. The van der Waals surface area contributed by atoms with Crippen LogP contribution in [0.4, 0.5) is 5.82 Å². The number of amides is 2. The molecule has 0 bridgehead atoms. The second-order valence-electron chi connectivity index (χ2n) is 8.95. The summed E-state index contributed by atoms with van der Waals surface area (Å²) < 4.78 is 1.74. The number of carbonyl (C=O) groups is 2. The van der Waals surface area contributed by atoms with Gasteiger partial charge in [0.25, 0.3) is 0 Å². The Kier molecular flexibility index (Phi) is 7.46. The Morgan fingerprint density at radius 2 is 1.62 bits per heavy atom. The Labute approximate surface area is 190 Å². The number of hydrogen-bond donors (Lipinski definition) is 1. The van der Waals surface area contributed by atoms with Crippen LogP contribution in [0.3, 0.4) is 0 Å². The Bertz CT molecular complexity index is 1040. The van der Waals surface area contributed by atoms with E-state index >= 15 is 0 Å². The third-order valence-electron chi connectivity index (χ3n) is 5.11. The molecule has 0 saturated heterocycles. The van der Waals surface area contributed by atoms with Crippen LogP contribution in [-0.2, 0) is 21.5 Å². The predicted molar refractivity (Wildman–Crippen MR) is 128 cm³/mol. The normalized spacial score (nSPS) is 11.2. The summed E-state index contributed by atoms with van der Waals surface area (Å²) >= 11 is 0. The highest BCUT2D eigenvalue weighted by Gasteiger charge is 2.23. The minimum atomic E-state index is -0.247. The zero-order valence-electron chi connectivity index (χ0n) is 19.3. The van der Waals surface area contributed by atoms with Crippen LogP contribution in [0.1, 0.15) is 51.8 Å². The highest BCUT2D eigenvalue weighted by molar-refractivity contribution is 5.94. The van der Waals surface area contributed by atoms with Crippen molar-refractivity contribution in [1.82, 2.24) is 14.7 Å². The third kappa shape index (κ3) is 6.06. The van der Waals surface area contributed by atoms with E-state index in [2.05, 4.69) is 26.1 Å². The van der Waals surface area contributed by atoms with Gasteiger partial charge in [-0.05, 0) is 24.1 Å². The zero-order valence-corrected chi connectivity index (χ0v) is 19.3. The molecule has 168 valence electrons. The first kappa shape index (κ1) is 23.3. The monoisotopic (exact) mass is 432 g/mol. The highest BCUT2D eigenvalue weighted by atomic mass is 16.2. The van der Waals surface area contributed by atoms with E-state index < -0.39 is 0 Å². The molecular formula is C26H32N4O2. The Morgan fingerprint density at radius 3 is 2.22 bits per heavy atom. The molecule has 0 spiro atoms. The van der Waals surface area contributed by atoms with Crippen molar-refractivity contribution in [2.45, 2.75) is 52.5 Å². The molecule has 0 aliphatic carbocycles. The van der Waals surface area contributed by atoms with Gasteiger partial charge in [0, 0.05) is 24.4 Å². The van der Waals surface area contributed by atoms with Gasteiger partial charge in [0.15, 0.2) is 0 Å². The maximum Gasteiger partial charge on any atom is 0.245 e. The number of nitrogens with zero attached hydrogens (tertiary/aromatic N) is 3. The molecule has 0 aliphatic rings. The molecule has 1 N–H and O–H groups in total. The summed E-state index contributed by atoms with van der Waals surface area (Å²) in [6.45, 7) is 8.60. The lowest BCUT2D eigenvalue weighted by atomic mass is 9.92. The summed E-state index contributed by atoms with van der Waals surface area (Å²) in [6, 6.07) is 21.3. The summed E-state index contributed by atoms with van der Waals surface area (Å²) in [6.07, 6.45) is 1.15. The van der Waals surface area contributed by atoms with Gasteiger partial charge in [-0.25, -0.2) is 4.68 Å². The number of anilines is 1. The fourth-order valence-electron chi connectivity index (χ4n) is 3.37. The van der Waals surface area contributed by atoms with E-state index in [9.17, 15) is 9.59 Å². The third-order valence-corrected chi connectivity index (χ3v) is 5.11. The van der Waals surface area contributed by atoms with Gasteiger partial charge in [0.2, 0.25) is 11.8 Å². The minimum absolute atomic E-state index is 0.0153. The van der Waals surface area contributed by atoms with E-state index in [4.69, 9.17) is 5.10 Å². The van der Waals surface area contributed by atoms with Crippen molar-refractivity contribution in [2.75, 3.05) is 11.9 Å². The van der Waals surface area contributed by atoms with Crippen LogP contribution in [0.5, 0.6) is 0 Å². The topological polar surface area (TPSA) is 67.2 Å². The van der Waals surface area contributed by atoms with Gasteiger partial charge in [0.05, 0.1) is 11.4 Å². The Balaban J connectivity index is 1.82. The second-order valence-corrected chi connectivity index (χ2v) is 8.95. The summed E-state index contributed by atoms with van der Waals surface area (Å²) in [5.74, 6) is 0.315. The van der Waals surface area contributed by atoms with Crippen molar-refractivity contribution in [3.63, 3.8) is 0 Å². The van der Waals surface area contributed by atoms with Crippen molar-refractivity contribution in [2.24, 2.45) is 0 Å². The number of carbonyl (C=O) groups excluding carboxylic acids is 2. The number of aromatic nitrogens is 2. The van der Waals surface area contributed by atoms with Crippen LogP contribution in [0.2, 0.25) is 0 Å². The van der Waals surface area contributed by atoms with Crippen LogP contribution in [0.25, 0.3) is 5.69 Å². The number of para-hydroxylation sites is 1. The number of hydrogen-bond acceptors (Lipinski definition) is 3. The molecule has 6 heteroatoms. The van der Waals surface area contributed by atoms with Gasteiger partial charge >= 0.3 is 0 Å². The van der Waals surface area contributed by atoms with Crippen molar-refractivity contribution < 1.29 is 9.59 Å². The van der Waals surface area contributed by atoms with E-state index in [0.717, 1.165) is 23.4 Å². The van der Waals surface area contributed by atoms with Crippen molar-refractivity contribution in [1.29, 1.82) is 0 Å². The summed E-state index contributed by atoms with van der Waals surface area (Å²) in [7, 11) is 0. The summed E-state index contributed by atoms with van der Waals surface area (Å²) in [4.78, 5) is 27.3. The zero-order chi connectivity index (χ0) is 23.1. The van der Waals surface area contributed by atoms with Crippen LogP contribution in [0.15, 0.2) is 66.7 Å². The maximum absolute atomic E-state index is 13.0. The van der Waals surface area contributed by atoms with E-state index in [1.165, 1.54) is 0 Å². The molecule has 3 rings (SSSR count). The second kappa shape index (κ2) is 10.3. The highest BCUT2D eigenvalue weighted by Crippen LogP contribution is 2.26. The van der Waals surface area contributed by atoms with Gasteiger partial charge in [-0.1, -0.05) is 76.2 Å². The van der Waals surface area contributed by atoms with Crippen molar-refractivity contribution in [3.05, 3.63) is 78.0 Å². The van der Waals surface area contributed by atoms with Gasteiger partial charge in [-0.2, -0.15) is 5.10 Å². The Hall–Kier alpha value is -3.41. The van der Waals surface area contributed by atoms with Crippen LogP contribution in [-0.4, -0.2) is 33.0 Å². The predicted octanol–water partition coefficient (Wildman–Crippen LogP) is 4.94. The molecule has 0 saturated carbocycles. The van der Waals surface area contributed by atoms with Gasteiger partial charge in [-0.15, -0.1) is 0 Å². The minimum Gasteiger partial charge on any atom is -0.329 e. The summed E-state index contributed by atoms with van der Waals surface area (Å²) in [5, 5.41) is 7.72. The van der Waals surface area contributed by atoms with E-state index in [0.29, 0.717) is 18.8 Å². The lowest BCUT2D eigenvalue weighted by Gasteiger charge is -2.22. The quantitative estimate of drug-likeness (QED) is 0.548. The lowest BCUT2D eigenvalue weighted by molar-refractivity contribution is -0.135. The van der Waals surface area contributed by atoms with Crippen molar-refractivity contribution in [3.8, 4) is 5.69 Å². The van der Waals surface area contributed by atoms with E-state index in [1.807, 2.05) is 73.7 Å². The maximum atomic E-state index is 13.0. The molecule has 3 aromatic rings. The van der Waals surface area contributed by atoms with Crippen LogP contribution >= 0.6 is 0 Å². The van der Waals surface area contributed by atoms with Crippen molar-refractivity contribution >= 4 is 17.6 Å². The van der Waals surface area contributed by atoms with E-state index in [-0.39, 0.29) is 23.8 Å². The SMILES string of the molecule is CCCC(=O)N(CC(=O)Nc1cc(C(C)(C)C)nn1-c1ccccc1)Cc1ccccc1. The molecule has 1 heterocycles. The molecule has 0 unspecified atom stereocenters. The van der Waals surface area contributed by atoms with Gasteiger partial charge in [-0.3, -0.25) is 9.59 Å². The molecule has 0 atom stereocenters.